The Morgan fingerprint density at radius 2 is 2.54 bits per heavy atom. The standard InChI is InChI=1S/C9H13N3O/c1-6-5-11-9(12-6)8(13)7-3-2-4-10-7/h2-3,5,7-8,10,13H,4H2,1H3,(H,11,12). The van der Waals surface area contributed by atoms with Gasteiger partial charge in [0.25, 0.3) is 0 Å². The van der Waals surface area contributed by atoms with E-state index in [9.17, 15) is 5.11 Å². The summed E-state index contributed by atoms with van der Waals surface area (Å²) in [5, 5.41) is 13.0. The highest BCUT2D eigenvalue weighted by atomic mass is 16.3. The van der Waals surface area contributed by atoms with E-state index >= 15 is 0 Å². The molecular formula is C9H13N3O. The monoisotopic (exact) mass is 179 g/mol. The fourth-order valence-corrected chi connectivity index (χ4v) is 1.46. The van der Waals surface area contributed by atoms with Gasteiger partial charge in [-0.2, -0.15) is 0 Å². The molecule has 70 valence electrons. The minimum absolute atomic E-state index is 0.00875. The maximum atomic E-state index is 9.83. The van der Waals surface area contributed by atoms with Crippen molar-refractivity contribution in [2.45, 2.75) is 19.1 Å². The van der Waals surface area contributed by atoms with Crippen molar-refractivity contribution in [1.82, 2.24) is 15.3 Å². The van der Waals surface area contributed by atoms with Crippen LogP contribution in [-0.4, -0.2) is 27.7 Å². The van der Waals surface area contributed by atoms with Crippen LogP contribution in [0.1, 0.15) is 17.6 Å². The Hall–Kier alpha value is -1.13. The van der Waals surface area contributed by atoms with Gasteiger partial charge in [-0.1, -0.05) is 12.2 Å². The summed E-state index contributed by atoms with van der Waals surface area (Å²) in [6.07, 6.45) is 5.11. The quantitative estimate of drug-likeness (QED) is 0.571. The molecule has 0 amide bonds. The van der Waals surface area contributed by atoms with Gasteiger partial charge in [-0.25, -0.2) is 4.98 Å². The molecule has 1 aliphatic heterocycles. The average molecular weight is 179 g/mol. The lowest BCUT2D eigenvalue weighted by Crippen LogP contribution is -2.29. The van der Waals surface area contributed by atoms with Crippen molar-refractivity contribution < 1.29 is 5.11 Å². The van der Waals surface area contributed by atoms with Crippen molar-refractivity contribution in [1.29, 1.82) is 0 Å². The minimum Gasteiger partial charge on any atom is -0.383 e. The van der Waals surface area contributed by atoms with Gasteiger partial charge in [0, 0.05) is 18.4 Å². The molecule has 0 saturated carbocycles. The largest absolute Gasteiger partial charge is 0.383 e. The van der Waals surface area contributed by atoms with Crippen LogP contribution >= 0.6 is 0 Å². The lowest BCUT2D eigenvalue weighted by Gasteiger charge is -2.14. The highest BCUT2D eigenvalue weighted by Gasteiger charge is 2.22. The zero-order valence-electron chi connectivity index (χ0n) is 7.49. The van der Waals surface area contributed by atoms with Crippen LogP contribution in [0.4, 0.5) is 0 Å². The van der Waals surface area contributed by atoms with Crippen LogP contribution < -0.4 is 5.32 Å². The predicted octanol–water partition coefficient (Wildman–Crippen LogP) is 0.280. The van der Waals surface area contributed by atoms with Crippen molar-refractivity contribution in [2.24, 2.45) is 0 Å². The molecule has 4 nitrogen and oxygen atoms in total. The van der Waals surface area contributed by atoms with Gasteiger partial charge in [0.1, 0.15) is 11.9 Å². The lowest BCUT2D eigenvalue weighted by molar-refractivity contribution is 0.144. The van der Waals surface area contributed by atoms with E-state index in [0.29, 0.717) is 5.82 Å². The molecular weight excluding hydrogens is 166 g/mol. The van der Waals surface area contributed by atoms with Crippen LogP contribution in [0.15, 0.2) is 18.3 Å². The number of rotatable bonds is 2. The normalized spacial score (nSPS) is 23.7. The third-order valence-corrected chi connectivity index (χ3v) is 2.16. The molecule has 1 aliphatic rings. The van der Waals surface area contributed by atoms with Crippen molar-refractivity contribution >= 4 is 0 Å². The van der Waals surface area contributed by atoms with E-state index in [1.165, 1.54) is 0 Å². The highest BCUT2D eigenvalue weighted by Crippen LogP contribution is 2.16. The summed E-state index contributed by atoms with van der Waals surface area (Å²) >= 11 is 0. The van der Waals surface area contributed by atoms with Gasteiger partial charge in [0.2, 0.25) is 0 Å². The van der Waals surface area contributed by atoms with Crippen LogP contribution in [0.3, 0.4) is 0 Å². The van der Waals surface area contributed by atoms with Crippen LogP contribution in [0, 0.1) is 6.92 Å². The minimum atomic E-state index is -0.576. The average Bonchev–Trinajstić information content (AvgIpc) is 2.72. The second kappa shape index (κ2) is 3.32. The van der Waals surface area contributed by atoms with Crippen molar-refractivity contribution in [3.8, 4) is 0 Å². The molecule has 0 spiro atoms. The number of aromatic amines is 1. The summed E-state index contributed by atoms with van der Waals surface area (Å²) in [6.45, 7) is 2.74. The van der Waals surface area contributed by atoms with Crippen molar-refractivity contribution in [3.63, 3.8) is 0 Å². The number of nitrogens with zero attached hydrogens (tertiary/aromatic N) is 1. The number of hydrogen-bond acceptors (Lipinski definition) is 3. The van der Waals surface area contributed by atoms with Crippen LogP contribution in [-0.2, 0) is 0 Å². The Labute approximate surface area is 76.7 Å². The molecule has 0 bridgehead atoms. The molecule has 2 unspecified atom stereocenters. The number of H-pyrrole nitrogens is 1. The smallest absolute Gasteiger partial charge is 0.137 e. The topological polar surface area (TPSA) is 60.9 Å². The zero-order valence-corrected chi connectivity index (χ0v) is 7.49. The number of imidazole rings is 1. The molecule has 2 atom stereocenters. The summed E-state index contributed by atoms with van der Waals surface area (Å²) in [5.41, 5.74) is 0.969. The molecule has 3 N–H and O–H groups in total. The first-order chi connectivity index (χ1) is 6.27. The molecule has 0 saturated heterocycles. The van der Waals surface area contributed by atoms with Gasteiger partial charge in [0.15, 0.2) is 0 Å². The maximum Gasteiger partial charge on any atom is 0.137 e. The third-order valence-electron chi connectivity index (χ3n) is 2.16. The number of aryl methyl sites for hydroxylation is 1. The number of nitrogens with one attached hydrogen (secondary N) is 2. The van der Waals surface area contributed by atoms with E-state index in [4.69, 9.17) is 0 Å². The first-order valence-electron chi connectivity index (χ1n) is 4.37. The van der Waals surface area contributed by atoms with E-state index in [1.54, 1.807) is 6.20 Å². The Bertz CT molecular complexity index is 318. The molecule has 2 rings (SSSR count). The van der Waals surface area contributed by atoms with E-state index in [2.05, 4.69) is 15.3 Å². The highest BCUT2D eigenvalue weighted by molar-refractivity contribution is 5.11. The Morgan fingerprint density at radius 1 is 1.69 bits per heavy atom. The molecule has 0 aliphatic carbocycles. The second-order valence-electron chi connectivity index (χ2n) is 3.26. The lowest BCUT2D eigenvalue weighted by atomic mass is 10.1. The van der Waals surface area contributed by atoms with Gasteiger partial charge in [-0.05, 0) is 6.92 Å². The fourth-order valence-electron chi connectivity index (χ4n) is 1.46. The summed E-state index contributed by atoms with van der Waals surface area (Å²) in [7, 11) is 0. The van der Waals surface area contributed by atoms with Crippen LogP contribution in [0.5, 0.6) is 0 Å². The summed E-state index contributed by atoms with van der Waals surface area (Å²) in [6, 6.07) is -0.00875. The fraction of sp³-hybridized carbons (Fsp3) is 0.444. The molecule has 0 fully saturated rings. The Kier molecular flexibility index (Phi) is 2.16. The zero-order chi connectivity index (χ0) is 9.26. The van der Waals surface area contributed by atoms with Gasteiger partial charge in [-0.3, -0.25) is 0 Å². The summed E-state index contributed by atoms with van der Waals surface area (Å²) in [5.74, 6) is 0.626. The molecule has 4 heteroatoms. The second-order valence-corrected chi connectivity index (χ2v) is 3.26. The molecule has 1 aromatic rings. The maximum absolute atomic E-state index is 9.83. The number of aliphatic hydroxyl groups is 1. The van der Waals surface area contributed by atoms with Crippen molar-refractivity contribution in [2.75, 3.05) is 6.54 Å². The Balaban J connectivity index is 2.12. The van der Waals surface area contributed by atoms with E-state index in [-0.39, 0.29) is 6.04 Å². The van der Waals surface area contributed by atoms with Crippen LogP contribution in [0.2, 0.25) is 0 Å². The van der Waals surface area contributed by atoms with Gasteiger partial charge in [0.05, 0.1) is 6.04 Å². The number of hydrogen-bond donors (Lipinski definition) is 3. The SMILES string of the molecule is Cc1cnc(C(O)C2C=CCN2)[nH]1. The van der Waals surface area contributed by atoms with E-state index < -0.39 is 6.10 Å². The summed E-state index contributed by atoms with van der Waals surface area (Å²) < 4.78 is 0. The molecule has 13 heavy (non-hydrogen) atoms. The van der Waals surface area contributed by atoms with Gasteiger partial charge < -0.3 is 15.4 Å². The summed E-state index contributed by atoms with van der Waals surface area (Å²) in [4.78, 5) is 7.10. The molecule has 0 radical (unpaired) electrons. The number of aliphatic hydroxyl groups excluding tert-OH is 1. The first-order valence-corrected chi connectivity index (χ1v) is 4.37. The van der Waals surface area contributed by atoms with Crippen LogP contribution in [0.25, 0.3) is 0 Å². The first kappa shape index (κ1) is 8.47. The number of aromatic nitrogens is 2. The molecule has 2 heterocycles. The molecule has 0 aromatic carbocycles. The van der Waals surface area contributed by atoms with Gasteiger partial charge in [-0.15, -0.1) is 0 Å². The van der Waals surface area contributed by atoms with E-state index in [1.807, 2.05) is 19.1 Å². The third kappa shape index (κ3) is 1.64. The molecule has 1 aromatic heterocycles. The van der Waals surface area contributed by atoms with E-state index in [0.717, 1.165) is 12.2 Å². The predicted molar refractivity (Wildman–Crippen MR) is 49.2 cm³/mol. The van der Waals surface area contributed by atoms with Gasteiger partial charge >= 0.3 is 0 Å². The Morgan fingerprint density at radius 3 is 3.08 bits per heavy atom. The van der Waals surface area contributed by atoms with Crippen molar-refractivity contribution in [3.05, 3.63) is 29.9 Å².